The van der Waals surface area contributed by atoms with E-state index < -0.39 is 0 Å². The summed E-state index contributed by atoms with van der Waals surface area (Å²) in [6, 6.07) is 7.06. The zero-order valence-corrected chi connectivity index (χ0v) is 10.3. The Balaban J connectivity index is 2.09. The maximum Gasteiger partial charge on any atom is 0.272 e. The highest BCUT2D eigenvalue weighted by molar-refractivity contribution is 7.07. The van der Waals surface area contributed by atoms with E-state index in [2.05, 4.69) is 4.98 Å². The highest BCUT2D eigenvalue weighted by Crippen LogP contribution is 2.11. The molecule has 17 heavy (non-hydrogen) atoms. The van der Waals surface area contributed by atoms with E-state index in [1.165, 1.54) is 0 Å². The van der Waals surface area contributed by atoms with Gasteiger partial charge in [-0.05, 0) is 34.5 Å². The second-order valence-corrected chi connectivity index (χ2v) is 4.52. The molecule has 0 spiro atoms. The van der Waals surface area contributed by atoms with Crippen LogP contribution in [0.15, 0.2) is 35.0 Å². The summed E-state index contributed by atoms with van der Waals surface area (Å²) in [6.45, 7) is 0.582. The average Bonchev–Trinajstić information content (AvgIpc) is 2.80. The molecule has 0 aliphatic heterocycles. The predicted molar refractivity (Wildman–Crippen MR) is 68.8 cm³/mol. The Morgan fingerprint density at radius 3 is 2.94 bits per heavy atom. The second-order valence-electron chi connectivity index (χ2n) is 3.74. The zero-order chi connectivity index (χ0) is 12.3. The summed E-state index contributed by atoms with van der Waals surface area (Å²) in [4.78, 5) is 17.7. The third-order valence-corrected chi connectivity index (χ3v) is 3.07. The van der Waals surface area contributed by atoms with Gasteiger partial charge in [0.05, 0.1) is 0 Å². The van der Waals surface area contributed by atoms with Crippen LogP contribution in [-0.4, -0.2) is 22.8 Å². The molecule has 0 aliphatic carbocycles. The number of nitrogen functional groups attached to an aromatic ring is 1. The van der Waals surface area contributed by atoms with E-state index in [0.29, 0.717) is 18.1 Å². The lowest BCUT2D eigenvalue weighted by atomic mass is 10.3. The van der Waals surface area contributed by atoms with Crippen LogP contribution in [0.5, 0.6) is 0 Å². The third-order valence-electron chi connectivity index (χ3n) is 2.34. The van der Waals surface area contributed by atoms with Crippen molar-refractivity contribution >= 4 is 23.1 Å². The van der Waals surface area contributed by atoms with Crippen LogP contribution in [0, 0.1) is 0 Å². The van der Waals surface area contributed by atoms with Crippen LogP contribution in [0.3, 0.4) is 0 Å². The molecule has 0 aliphatic rings. The first kappa shape index (κ1) is 11.6. The number of pyridine rings is 1. The molecule has 0 saturated carbocycles. The van der Waals surface area contributed by atoms with Crippen molar-refractivity contribution in [1.82, 2.24) is 9.88 Å². The lowest BCUT2D eigenvalue weighted by Crippen LogP contribution is -2.26. The van der Waals surface area contributed by atoms with Gasteiger partial charge in [0.1, 0.15) is 11.5 Å². The molecule has 2 rings (SSSR count). The molecule has 0 unspecified atom stereocenters. The fourth-order valence-corrected chi connectivity index (χ4v) is 2.15. The van der Waals surface area contributed by atoms with Crippen LogP contribution in [0.1, 0.15) is 16.1 Å². The first-order chi connectivity index (χ1) is 8.16. The Kier molecular flexibility index (Phi) is 3.39. The lowest BCUT2D eigenvalue weighted by molar-refractivity contribution is 0.0779. The number of hydrogen-bond acceptors (Lipinski definition) is 4. The van der Waals surface area contributed by atoms with Crippen LogP contribution in [0.25, 0.3) is 0 Å². The second kappa shape index (κ2) is 4.97. The lowest BCUT2D eigenvalue weighted by Gasteiger charge is -2.15. The standard InChI is InChI=1S/C12H13N3OS/c1-15(7-9-5-6-17-8-9)12(16)10-3-2-4-11(13)14-10/h2-6,8H,7H2,1H3,(H2,13,14). The number of amides is 1. The number of hydrogen-bond donors (Lipinski definition) is 1. The average molecular weight is 247 g/mol. The van der Waals surface area contributed by atoms with E-state index in [4.69, 9.17) is 5.73 Å². The number of anilines is 1. The van der Waals surface area contributed by atoms with Crippen LogP contribution in [-0.2, 0) is 6.54 Å². The van der Waals surface area contributed by atoms with Crippen LogP contribution in [0.4, 0.5) is 5.82 Å². The molecule has 0 fully saturated rings. The number of nitrogens with two attached hydrogens (primary N) is 1. The van der Waals surface area contributed by atoms with Gasteiger partial charge in [0.25, 0.3) is 5.91 Å². The number of carbonyl (C=O) groups excluding carboxylic acids is 1. The molecule has 0 bridgehead atoms. The smallest absolute Gasteiger partial charge is 0.272 e. The van der Waals surface area contributed by atoms with Gasteiger partial charge >= 0.3 is 0 Å². The Hall–Kier alpha value is -1.88. The maximum absolute atomic E-state index is 12.0. The van der Waals surface area contributed by atoms with Crippen molar-refractivity contribution in [2.24, 2.45) is 0 Å². The van der Waals surface area contributed by atoms with E-state index in [-0.39, 0.29) is 5.91 Å². The summed E-state index contributed by atoms with van der Waals surface area (Å²) >= 11 is 1.62. The maximum atomic E-state index is 12.0. The fraction of sp³-hybridized carbons (Fsp3) is 0.167. The molecule has 0 saturated heterocycles. The van der Waals surface area contributed by atoms with Crippen molar-refractivity contribution in [1.29, 1.82) is 0 Å². The van der Waals surface area contributed by atoms with Crippen molar-refractivity contribution in [3.63, 3.8) is 0 Å². The van der Waals surface area contributed by atoms with Crippen molar-refractivity contribution in [2.75, 3.05) is 12.8 Å². The number of thiophene rings is 1. The summed E-state index contributed by atoms with van der Waals surface area (Å²) < 4.78 is 0. The van der Waals surface area contributed by atoms with E-state index >= 15 is 0 Å². The molecule has 0 radical (unpaired) electrons. The Bertz CT molecular complexity index is 510. The Morgan fingerprint density at radius 2 is 2.29 bits per heavy atom. The fourth-order valence-electron chi connectivity index (χ4n) is 1.49. The molecule has 2 aromatic heterocycles. The molecule has 88 valence electrons. The molecular formula is C12H13N3OS. The molecular weight excluding hydrogens is 234 g/mol. The number of carbonyl (C=O) groups is 1. The quantitative estimate of drug-likeness (QED) is 0.902. The largest absolute Gasteiger partial charge is 0.384 e. The Morgan fingerprint density at radius 1 is 1.47 bits per heavy atom. The van der Waals surface area contributed by atoms with Crippen molar-refractivity contribution in [2.45, 2.75) is 6.54 Å². The number of rotatable bonds is 3. The number of nitrogens with zero attached hydrogens (tertiary/aromatic N) is 2. The van der Waals surface area contributed by atoms with E-state index in [1.54, 1.807) is 41.5 Å². The molecule has 2 N–H and O–H groups in total. The summed E-state index contributed by atoms with van der Waals surface area (Å²) in [5.41, 5.74) is 7.05. The van der Waals surface area contributed by atoms with Crippen LogP contribution >= 0.6 is 11.3 Å². The number of aromatic nitrogens is 1. The van der Waals surface area contributed by atoms with Gasteiger partial charge in [-0.15, -0.1) is 0 Å². The SMILES string of the molecule is CN(Cc1ccsc1)C(=O)c1cccc(N)n1. The molecule has 1 amide bonds. The van der Waals surface area contributed by atoms with Crippen LogP contribution < -0.4 is 5.73 Å². The van der Waals surface area contributed by atoms with Crippen molar-refractivity contribution < 1.29 is 4.79 Å². The van der Waals surface area contributed by atoms with Gasteiger partial charge in [-0.25, -0.2) is 4.98 Å². The van der Waals surface area contributed by atoms with Gasteiger partial charge < -0.3 is 10.6 Å². The predicted octanol–water partition coefficient (Wildman–Crippen LogP) is 2.00. The molecule has 4 nitrogen and oxygen atoms in total. The molecule has 0 aromatic carbocycles. The molecule has 0 atom stereocenters. The highest BCUT2D eigenvalue weighted by Gasteiger charge is 2.13. The summed E-state index contributed by atoms with van der Waals surface area (Å²) in [5.74, 6) is 0.239. The van der Waals surface area contributed by atoms with Crippen LogP contribution in [0.2, 0.25) is 0 Å². The molecule has 5 heteroatoms. The molecule has 2 aromatic rings. The van der Waals surface area contributed by atoms with Crippen molar-refractivity contribution in [3.05, 3.63) is 46.3 Å². The van der Waals surface area contributed by atoms with Gasteiger partial charge in [0.15, 0.2) is 0 Å². The van der Waals surface area contributed by atoms with E-state index in [1.807, 2.05) is 16.8 Å². The van der Waals surface area contributed by atoms with E-state index in [9.17, 15) is 4.79 Å². The minimum absolute atomic E-state index is 0.122. The summed E-state index contributed by atoms with van der Waals surface area (Å²) in [7, 11) is 1.75. The normalized spacial score (nSPS) is 10.2. The monoisotopic (exact) mass is 247 g/mol. The van der Waals surface area contributed by atoms with Gasteiger partial charge in [-0.3, -0.25) is 4.79 Å². The van der Waals surface area contributed by atoms with Gasteiger partial charge in [0.2, 0.25) is 0 Å². The third kappa shape index (κ3) is 2.82. The van der Waals surface area contributed by atoms with Crippen molar-refractivity contribution in [3.8, 4) is 0 Å². The first-order valence-electron chi connectivity index (χ1n) is 5.16. The minimum Gasteiger partial charge on any atom is -0.384 e. The van der Waals surface area contributed by atoms with Gasteiger partial charge in [-0.1, -0.05) is 6.07 Å². The molecule has 2 heterocycles. The van der Waals surface area contributed by atoms with Gasteiger partial charge in [0, 0.05) is 13.6 Å². The Labute approximate surface area is 104 Å². The first-order valence-corrected chi connectivity index (χ1v) is 6.10. The summed E-state index contributed by atoms with van der Waals surface area (Å²) in [5, 5.41) is 4.02. The zero-order valence-electron chi connectivity index (χ0n) is 9.46. The minimum atomic E-state index is -0.122. The van der Waals surface area contributed by atoms with Gasteiger partial charge in [-0.2, -0.15) is 11.3 Å². The highest BCUT2D eigenvalue weighted by atomic mass is 32.1. The summed E-state index contributed by atoms with van der Waals surface area (Å²) in [6.07, 6.45) is 0. The topological polar surface area (TPSA) is 59.2 Å². The van der Waals surface area contributed by atoms with E-state index in [0.717, 1.165) is 5.56 Å².